The Morgan fingerprint density at radius 2 is 2.00 bits per heavy atom. The van der Waals surface area contributed by atoms with Gasteiger partial charge in [-0.1, -0.05) is 13.0 Å². The normalized spacial score (nSPS) is 15.2. The fraction of sp³-hybridized carbons (Fsp3) is 0.300. The van der Waals surface area contributed by atoms with E-state index in [0.717, 1.165) is 17.7 Å². The van der Waals surface area contributed by atoms with Gasteiger partial charge >= 0.3 is 5.97 Å². The summed E-state index contributed by atoms with van der Waals surface area (Å²) in [6.45, 7) is 6.29. The highest BCUT2D eigenvalue weighted by atomic mass is 16.6. The fourth-order valence-corrected chi connectivity index (χ4v) is 2.63. The summed E-state index contributed by atoms with van der Waals surface area (Å²) in [6, 6.07) is 7.25. The first kappa shape index (κ1) is 17.8. The van der Waals surface area contributed by atoms with Gasteiger partial charge in [0.1, 0.15) is 11.5 Å². The van der Waals surface area contributed by atoms with Gasteiger partial charge in [-0.15, -0.1) is 0 Å². The first-order chi connectivity index (χ1) is 12.5. The first-order valence-electron chi connectivity index (χ1n) is 8.42. The van der Waals surface area contributed by atoms with Crippen LogP contribution in [0.4, 0.5) is 0 Å². The van der Waals surface area contributed by atoms with Crippen LogP contribution >= 0.6 is 0 Å². The molecule has 26 heavy (non-hydrogen) atoms. The van der Waals surface area contributed by atoms with E-state index in [1.54, 1.807) is 32.2 Å². The molecule has 0 fully saturated rings. The highest BCUT2D eigenvalue weighted by Gasteiger charge is 2.26. The summed E-state index contributed by atoms with van der Waals surface area (Å²) in [5.41, 5.74) is 1.67. The Hall–Kier alpha value is -3.02. The molecule has 1 aromatic heterocycles. The molecule has 2 heterocycles. The second kappa shape index (κ2) is 7.47. The van der Waals surface area contributed by atoms with Crippen molar-refractivity contribution in [1.82, 2.24) is 0 Å². The zero-order chi connectivity index (χ0) is 18.7. The number of esters is 1. The molecular weight excluding hydrogens is 334 g/mol. The van der Waals surface area contributed by atoms with Crippen molar-refractivity contribution in [3.63, 3.8) is 0 Å². The van der Waals surface area contributed by atoms with E-state index < -0.39 is 5.97 Å². The maximum absolute atomic E-state index is 12.2. The van der Waals surface area contributed by atoms with Crippen molar-refractivity contribution in [2.45, 2.75) is 27.2 Å². The molecule has 0 aliphatic carbocycles. The molecule has 6 heteroatoms. The Morgan fingerprint density at radius 3 is 2.65 bits per heavy atom. The van der Waals surface area contributed by atoms with Crippen molar-refractivity contribution in [3.8, 4) is 11.5 Å². The molecule has 1 aromatic carbocycles. The third kappa shape index (κ3) is 3.64. The number of hydrogen-bond acceptors (Lipinski definition) is 6. The molecule has 3 rings (SSSR count). The van der Waals surface area contributed by atoms with Crippen LogP contribution in [0, 0.1) is 13.8 Å². The lowest BCUT2D eigenvalue weighted by molar-refractivity contribution is -0.129. The number of methoxy groups -OCH3 is 1. The van der Waals surface area contributed by atoms with Gasteiger partial charge in [-0.25, -0.2) is 9.79 Å². The van der Waals surface area contributed by atoms with Crippen LogP contribution in [0.5, 0.6) is 11.5 Å². The third-order valence-corrected chi connectivity index (χ3v) is 3.84. The van der Waals surface area contributed by atoms with Crippen LogP contribution in [0.2, 0.25) is 0 Å². The highest BCUT2D eigenvalue weighted by molar-refractivity contribution is 6.13. The monoisotopic (exact) mass is 355 g/mol. The van der Waals surface area contributed by atoms with Crippen molar-refractivity contribution in [2.24, 2.45) is 4.99 Å². The molecule has 1 aliphatic heterocycles. The number of nitrogens with zero attached hydrogens (tertiary/aromatic N) is 1. The summed E-state index contributed by atoms with van der Waals surface area (Å²) in [6.07, 6.45) is 2.56. The smallest absolute Gasteiger partial charge is 0.363 e. The van der Waals surface area contributed by atoms with Crippen molar-refractivity contribution < 1.29 is 23.4 Å². The van der Waals surface area contributed by atoms with E-state index in [0.29, 0.717) is 29.4 Å². The van der Waals surface area contributed by atoms with Crippen molar-refractivity contribution >= 4 is 17.9 Å². The van der Waals surface area contributed by atoms with Gasteiger partial charge in [0.2, 0.25) is 5.90 Å². The number of carbonyl (C=O) groups excluding carboxylic acids is 1. The van der Waals surface area contributed by atoms with Gasteiger partial charge in [0.25, 0.3) is 0 Å². The highest BCUT2D eigenvalue weighted by Crippen LogP contribution is 2.30. The van der Waals surface area contributed by atoms with Gasteiger partial charge in [0, 0.05) is 0 Å². The van der Waals surface area contributed by atoms with Gasteiger partial charge < -0.3 is 18.6 Å². The Labute approximate surface area is 152 Å². The summed E-state index contributed by atoms with van der Waals surface area (Å²) >= 11 is 0. The SMILES string of the molecule is CCCOc1ccc(/C=C2/N=C(c3cc(C)oc3C)OC2=O)cc1OC. The standard InChI is InChI=1S/C20H21NO5/c1-5-8-24-17-7-6-14(11-18(17)23-4)10-16-20(22)26-19(21-16)15-9-12(2)25-13(15)3/h6-7,9-11H,5,8H2,1-4H3/b16-10+. The van der Waals surface area contributed by atoms with Crippen molar-refractivity contribution in [2.75, 3.05) is 13.7 Å². The maximum Gasteiger partial charge on any atom is 0.363 e. The molecule has 0 spiro atoms. The minimum atomic E-state index is -0.497. The summed E-state index contributed by atoms with van der Waals surface area (Å²) < 4.78 is 21.8. The topological polar surface area (TPSA) is 70.3 Å². The molecule has 0 amide bonds. The van der Waals surface area contributed by atoms with E-state index in [9.17, 15) is 4.79 Å². The second-order valence-electron chi connectivity index (χ2n) is 5.92. The molecule has 0 N–H and O–H groups in total. The Morgan fingerprint density at radius 1 is 1.19 bits per heavy atom. The number of ether oxygens (including phenoxy) is 3. The maximum atomic E-state index is 12.2. The molecule has 0 saturated heterocycles. The van der Waals surface area contributed by atoms with Gasteiger partial charge in [-0.3, -0.25) is 0 Å². The lowest BCUT2D eigenvalue weighted by Crippen LogP contribution is -2.05. The van der Waals surface area contributed by atoms with Crippen LogP contribution in [0.1, 0.15) is 36.0 Å². The second-order valence-corrected chi connectivity index (χ2v) is 5.92. The summed E-state index contributed by atoms with van der Waals surface area (Å²) in [7, 11) is 1.58. The van der Waals surface area contributed by atoms with E-state index in [1.165, 1.54) is 0 Å². The van der Waals surface area contributed by atoms with E-state index >= 15 is 0 Å². The third-order valence-electron chi connectivity index (χ3n) is 3.84. The Kier molecular flexibility index (Phi) is 5.11. The summed E-state index contributed by atoms with van der Waals surface area (Å²) in [5.74, 6) is 2.42. The largest absolute Gasteiger partial charge is 0.493 e. The molecule has 0 bridgehead atoms. The van der Waals surface area contributed by atoms with Gasteiger partial charge in [-0.2, -0.15) is 0 Å². The molecule has 136 valence electrons. The van der Waals surface area contributed by atoms with E-state index in [1.807, 2.05) is 26.0 Å². The van der Waals surface area contributed by atoms with Crippen molar-refractivity contribution in [1.29, 1.82) is 0 Å². The zero-order valence-electron chi connectivity index (χ0n) is 15.3. The quantitative estimate of drug-likeness (QED) is 0.578. The zero-order valence-corrected chi connectivity index (χ0v) is 15.3. The van der Waals surface area contributed by atoms with Gasteiger partial charge in [-0.05, 0) is 50.1 Å². The molecule has 2 aromatic rings. The number of carbonyl (C=O) groups is 1. The number of hydrogen-bond donors (Lipinski definition) is 0. The van der Waals surface area contributed by atoms with Crippen LogP contribution in [0.25, 0.3) is 6.08 Å². The fourth-order valence-electron chi connectivity index (χ4n) is 2.63. The summed E-state index contributed by atoms with van der Waals surface area (Å²) in [4.78, 5) is 16.5. The number of aryl methyl sites for hydroxylation is 2. The molecule has 0 atom stereocenters. The van der Waals surface area contributed by atoms with Crippen LogP contribution in [-0.4, -0.2) is 25.6 Å². The minimum absolute atomic E-state index is 0.225. The molecule has 1 aliphatic rings. The predicted molar refractivity (Wildman–Crippen MR) is 97.6 cm³/mol. The van der Waals surface area contributed by atoms with Crippen LogP contribution < -0.4 is 9.47 Å². The molecule has 6 nitrogen and oxygen atoms in total. The Balaban J connectivity index is 1.89. The van der Waals surface area contributed by atoms with Gasteiger partial charge in [0.15, 0.2) is 17.2 Å². The number of aliphatic imine (C=N–C) groups is 1. The average Bonchev–Trinajstić information content (AvgIpc) is 3.15. The number of furan rings is 1. The van der Waals surface area contributed by atoms with Crippen molar-refractivity contribution in [3.05, 3.63) is 52.6 Å². The van der Waals surface area contributed by atoms with E-state index in [2.05, 4.69) is 4.99 Å². The molecule has 0 unspecified atom stereocenters. The number of benzene rings is 1. The van der Waals surface area contributed by atoms with Crippen LogP contribution in [0.15, 0.2) is 39.4 Å². The van der Waals surface area contributed by atoms with E-state index in [4.69, 9.17) is 18.6 Å². The first-order valence-corrected chi connectivity index (χ1v) is 8.42. The predicted octanol–water partition coefficient (Wildman–Crippen LogP) is 4.04. The van der Waals surface area contributed by atoms with Crippen LogP contribution in [-0.2, 0) is 9.53 Å². The van der Waals surface area contributed by atoms with Gasteiger partial charge in [0.05, 0.1) is 19.3 Å². The number of rotatable bonds is 6. The minimum Gasteiger partial charge on any atom is -0.493 e. The molecule has 0 radical (unpaired) electrons. The van der Waals surface area contributed by atoms with Crippen LogP contribution in [0.3, 0.4) is 0 Å². The number of cyclic esters (lactones) is 1. The lowest BCUT2D eigenvalue weighted by atomic mass is 10.1. The van der Waals surface area contributed by atoms with E-state index in [-0.39, 0.29) is 11.6 Å². The Bertz CT molecular complexity index is 892. The summed E-state index contributed by atoms with van der Waals surface area (Å²) in [5, 5.41) is 0. The lowest BCUT2D eigenvalue weighted by Gasteiger charge is -2.10. The molecular formula is C20H21NO5. The molecule has 0 saturated carbocycles. The average molecular weight is 355 g/mol.